The van der Waals surface area contributed by atoms with E-state index in [1.54, 1.807) is 19.1 Å². The van der Waals surface area contributed by atoms with Crippen molar-refractivity contribution in [2.45, 2.75) is 18.0 Å². The number of para-hydroxylation sites is 1. The fraction of sp³-hybridized carbons (Fsp3) is 0.154. The predicted octanol–water partition coefficient (Wildman–Crippen LogP) is 5.42. The lowest BCUT2D eigenvalue weighted by atomic mass is 10.1. The number of rotatable bonds is 9. The van der Waals surface area contributed by atoms with E-state index in [2.05, 4.69) is 17.2 Å². The van der Waals surface area contributed by atoms with Gasteiger partial charge in [-0.3, -0.25) is 13.9 Å². The molecule has 0 bridgehead atoms. The van der Waals surface area contributed by atoms with Gasteiger partial charge in [-0.05, 0) is 49.4 Å². The van der Waals surface area contributed by atoms with Crippen LogP contribution in [0.25, 0.3) is 0 Å². The number of nitrogens with zero attached hydrogens (tertiary/aromatic N) is 1. The maximum absolute atomic E-state index is 13.5. The van der Waals surface area contributed by atoms with Crippen LogP contribution in [0.2, 0.25) is 5.02 Å². The number of carbonyl (C=O) groups is 2. The molecule has 38 heavy (non-hydrogen) atoms. The van der Waals surface area contributed by atoms with E-state index in [1.807, 2.05) is 0 Å². The molecule has 0 atom stereocenters. The zero-order valence-electron chi connectivity index (χ0n) is 20.0. The summed E-state index contributed by atoms with van der Waals surface area (Å²) < 4.78 is 68.2. The maximum Gasteiger partial charge on any atom is 0.417 e. The van der Waals surface area contributed by atoms with E-state index in [0.29, 0.717) is 10.4 Å². The van der Waals surface area contributed by atoms with Gasteiger partial charge in [0.2, 0.25) is 5.91 Å². The fourth-order valence-corrected chi connectivity index (χ4v) is 5.05. The van der Waals surface area contributed by atoms with Crippen molar-refractivity contribution in [2.24, 2.45) is 0 Å². The highest BCUT2D eigenvalue weighted by Gasteiger charge is 2.35. The van der Waals surface area contributed by atoms with Crippen molar-refractivity contribution in [3.8, 4) is 0 Å². The molecule has 0 saturated heterocycles. The molecule has 0 aliphatic heterocycles. The first-order valence-electron chi connectivity index (χ1n) is 11.1. The summed E-state index contributed by atoms with van der Waals surface area (Å²) >= 11 is 5.72. The van der Waals surface area contributed by atoms with Crippen LogP contribution in [0, 0.1) is 6.92 Å². The number of carbonyl (C=O) groups excluding carboxylic acids is 2. The Morgan fingerprint density at radius 1 is 1.05 bits per heavy atom. The van der Waals surface area contributed by atoms with E-state index in [1.165, 1.54) is 42.5 Å². The predicted molar refractivity (Wildman–Crippen MR) is 140 cm³/mol. The summed E-state index contributed by atoms with van der Waals surface area (Å²) in [6.07, 6.45) is -3.40. The first kappa shape index (κ1) is 28.7. The molecule has 7 nitrogen and oxygen atoms in total. The summed E-state index contributed by atoms with van der Waals surface area (Å²) in [5.41, 5.74) is -0.745. The number of nitrogens with one attached hydrogen (secondary N) is 2. The van der Waals surface area contributed by atoms with E-state index in [4.69, 9.17) is 11.6 Å². The molecular formula is C26H23ClF3N3O4S. The van der Waals surface area contributed by atoms with E-state index in [0.717, 1.165) is 17.7 Å². The minimum atomic E-state index is -4.87. The van der Waals surface area contributed by atoms with E-state index >= 15 is 0 Å². The summed E-state index contributed by atoms with van der Waals surface area (Å²) in [6, 6.07) is 14.2. The molecule has 0 heterocycles. The highest BCUT2D eigenvalue weighted by molar-refractivity contribution is 7.92. The van der Waals surface area contributed by atoms with Gasteiger partial charge in [-0.15, -0.1) is 6.58 Å². The maximum atomic E-state index is 13.5. The lowest BCUT2D eigenvalue weighted by Crippen LogP contribution is -2.38. The molecule has 3 rings (SSSR count). The van der Waals surface area contributed by atoms with Crippen LogP contribution in [0.4, 0.5) is 24.5 Å². The fourth-order valence-electron chi connectivity index (χ4n) is 3.41. The molecule has 200 valence electrons. The third-order valence-electron chi connectivity index (χ3n) is 5.29. The van der Waals surface area contributed by atoms with Crippen LogP contribution in [-0.4, -0.2) is 33.3 Å². The number of sulfonamides is 1. The lowest BCUT2D eigenvalue weighted by molar-refractivity contribution is -0.137. The monoisotopic (exact) mass is 565 g/mol. The Morgan fingerprint density at radius 2 is 1.71 bits per heavy atom. The number of hydrogen-bond acceptors (Lipinski definition) is 4. The molecule has 3 aromatic rings. The first-order chi connectivity index (χ1) is 17.8. The lowest BCUT2D eigenvalue weighted by Gasteiger charge is -2.25. The van der Waals surface area contributed by atoms with Gasteiger partial charge in [-0.25, -0.2) is 8.42 Å². The zero-order valence-corrected chi connectivity index (χ0v) is 21.6. The molecule has 3 aromatic carbocycles. The van der Waals surface area contributed by atoms with Gasteiger partial charge in [0, 0.05) is 6.54 Å². The van der Waals surface area contributed by atoms with Crippen LogP contribution in [0.5, 0.6) is 0 Å². The van der Waals surface area contributed by atoms with E-state index < -0.39 is 50.8 Å². The Labute approximate surface area is 223 Å². The zero-order chi connectivity index (χ0) is 28.1. The molecule has 12 heteroatoms. The van der Waals surface area contributed by atoms with Crippen LogP contribution in [-0.2, 0) is 21.0 Å². The Hall–Kier alpha value is -3.83. The molecule has 0 aliphatic rings. The minimum Gasteiger partial charge on any atom is -0.349 e. The van der Waals surface area contributed by atoms with Crippen LogP contribution < -0.4 is 14.9 Å². The van der Waals surface area contributed by atoms with Gasteiger partial charge in [0.15, 0.2) is 0 Å². The van der Waals surface area contributed by atoms with Crippen molar-refractivity contribution in [3.63, 3.8) is 0 Å². The number of benzene rings is 3. The molecule has 0 aliphatic carbocycles. The Balaban J connectivity index is 2.02. The van der Waals surface area contributed by atoms with Crippen molar-refractivity contribution < 1.29 is 31.2 Å². The number of anilines is 2. The van der Waals surface area contributed by atoms with Crippen molar-refractivity contribution in [2.75, 3.05) is 22.7 Å². The van der Waals surface area contributed by atoms with E-state index in [9.17, 15) is 31.2 Å². The number of hydrogen-bond donors (Lipinski definition) is 2. The molecular weight excluding hydrogens is 543 g/mol. The smallest absolute Gasteiger partial charge is 0.349 e. The van der Waals surface area contributed by atoms with Crippen LogP contribution >= 0.6 is 11.6 Å². The molecule has 0 unspecified atom stereocenters. The van der Waals surface area contributed by atoms with Crippen molar-refractivity contribution in [1.82, 2.24) is 5.32 Å². The molecule has 0 fully saturated rings. The van der Waals surface area contributed by atoms with Crippen LogP contribution in [0.3, 0.4) is 0 Å². The number of alkyl halides is 3. The quantitative estimate of drug-likeness (QED) is 0.339. The topological polar surface area (TPSA) is 95.6 Å². The normalized spacial score (nSPS) is 11.5. The van der Waals surface area contributed by atoms with Gasteiger partial charge in [0.25, 0.3) is 15.9 Å². The van der Waals surface area contributed by atoms with Gasteiger partial charge < -0.3 is 10.6 Å². The molecule has 2 amide bonds. The SMILES string of the molecule is C=CCNC(=O)c1ccccc1NC(=O)CN(c1ccc(Cl)c(C(F)(F)F)c1)S(=O)(=O)c1ccc(C)cc1. The number of halogens is 4. The summed E-state index contributed by atoms with van der Waals surface area (Å²) in [5, 5.41) is 4.42. The van der Waals surface area contributed by atoms with Crippen LogP contribution in [0.15, 0.2) is 84.3 Å². The molecule has 2 N–H and O–H groups in total. The standard InChI is InChI=1S/C26H23ClF3N3O4S/c1-3-14-31-25(35)20-6-4-5-7-23(20)32-24(34)16-33(38(36,37)19-11-8-17(2)9-12-19)18-10-13-22(27)21(15-18)26(28,29)30/h3-13,15H,1,14,16H2,2H3,(H,31,35)(H,32,34). The second-order valence-electron chi connectivity index (χ2n) is 8.08. The summed E-state index contributed by atoms with van der Waals surface area (Å²) in [5.74, 6) is -1.41. The summed E-state index contributed by atoms with van der Waals surface area (Å²) in [7, 11) is -4.50. The average Bonchev–Trinajstić information content (AvgIpc) is 2.86. The summed E-state index contributed by atoms with van der Waals surface area (Å²) in [4.78, 5) is 25.3. The van der Waals surface area contributed by atoms with Gasteiger partial charge in [0.1, 0.15) is 6.54 Å². The minimum absolute atomic E-state index is 0.0823. The van der Waals surface area contributed by atoms with E-state index in [-0.39, 0.29) is 22.7 Å². The van der Waals surface area contributed by atoms with Crippen molar-refractivity contribution in [1.29, 1.82) is 0 Å². The average molecular weight is 566 g/mol. The van der Waals surface area contributed by atoms with Crippen LogP contribution in [0.1, 0.15) is 21.5 Å². The van der Waals surface area contributed by atoms with Crippen molar-refractivity contribution >= 4 is 44.8 Å². The third kappa shape index (κ3) is 6.73. The summed E-state index contributed by atoms with van der Waals surface area (Å²) in [6.45, 7) is 4.52. The number of amides is 2. The van der Waals surface area contributed by atoms with Gasteiger partial charge in [0.05, 0.1) is 32.4 Å². The second kappa shape index (κ2) is 11.7. The van der Waals surface area contributed by atoms with Gasteiger partial charge >= 0.3 is 6.18 Å². The van der Waals surface area contributed by atoms with Crippen molar-refractivity contribution in [3.05, 3.63) is 101 Å². The number of aryl methyl sites for hydroxylation is 1. The highest BCUT2D eigenvalue weighted by Crippen LogP contribution is 2.38. The highest BCUT2D eigenvalue weighted by atomic mass is 35.5. The molecule has 0 saturated carbocycles. The van der Waals surface area contributed by atoms with Gasteiger partial charge in [-0.1, -0.05) is 47.5 Å². The largest absolute Gasteiger partial charge is 0.417 e. The third-order valence-corrected chi connectivity index (χ3v) is 7.41. The second-order valence-corrected chi connectivity index (χ2v) is 10.3. The molecule has 0 aromatic heterocycles. The first-order valence-corrected chi connectivity index (χ1v) is 12.9. The Bertz CT molecular complexity index is 1460. The molecule has 0 spiro atoms. The Morgan fingerprint density at radius 3 is 2.34 bits per heavy atom. The van der Waals surface area contributed by atoms with Gasteiger partial charge in [-0.2, -0.15) is 13.2 Å². The molecule has 0 radical (unpaired) electrons. The Kier molecular flexibility index (Phi) is 8.85.